The minimum Gasteiger partial charge on any atom is -0.490 e. The van der Waals surface area contributed by atoms with Crippen LogP contribution in [0.4, 0.5) is 5.69 Å². The van der Waals surface area contributed by atoms with Gasteiger partial charge in [-0.2, -0.15) is 0 Å². The first-order chi connectivity index (χ1) is 9.93. The topological polar surface area (TPSA) is 110 Å². The Kier molecular flexibility index (Phi) is 4.06. The zero-order valence-electron chi connectivity index (χ0n) is 11.3. The number of ether oxygens (including phenoxy) is 1. The lowest BCUT2D eigenvalue weighted by atomic mass is 10.1. The first-order valence-corrected chi connectivity index (χ1v) is 6.27. The number of amides is 1. The Hall–Kier alpha value is -2.64. The minimum atomic E-state index is -1.07. The number of hydrogen-bond acceptors (Lipinski definition) is 5. The molecule has 1 atom stereocenters. The number of carboxylic acid groups (broad SMARTS) is 1. The summed E-state index contributed by atoms with van der Waals surface area (Å²) in [6, 6.07) is 3.43. The molecule has 0 spiro atoms. The Balaban J connectivity index is 2.27. The van der Waals surface area contributed by atoms with Crippen molar-refractivity contribution in [3.8, 4) is 5.75 Å². The van der Waals surface area contributed by atoms with Crippen LogP contribution in [0.2, 0.25) is 0 Å². The van der Waals surface area contributed by atoms with Crippen LogP contribution in [0.5, 0.6) is 5.75 Å². The Labute approximate surface area is 120 Å². The molecule has 1 aromatic carbocycles. The molecule has 0 aromatic heterocycles. The number of carbonyl (C=O) groups is 2. The molecule has 0 aliphatic carbocycles. The highest BCUT2D eigenvalue weighted by Gasteiger charge is 2.36. The highest BCUT2D eigenvalue weighted by molar-refractivity contribution is 5.87. The largest absolute Gasteiger partial charge is 0.490 e. The van der Waals surface area contributed by atoms with E-state index in [9.17, 15) is 19.7 Å². The fourth-order valence-corrected chi connectivity index (χ4v) is 2.36. The third kappa shape index (κ3) is 2.93. The summed E-state index contributed by atoms with van der Waals surface area (Å²) in [6.45, 7) is 0.0284. The van der Waals surface area contributed by atoms with Crippen LogP contribution in [0.15, 0.2) is 18.2 Å². The summed E-state index contributed by atoms with van der Waals surface area (Å²) in [5.41, 5.74) is 0.275. The van der Waals surface area contributed by atoms with Crippen LogP contribution in [0, 0.1) is 10.1 Å². The van der Waals surface area contributed by atoms with Gasteiger partial charge in [-0.15, -0.1) is 0 Å². The van der Waals surface area contributed by atoms with Crippen LogP contribution in [-0.4, -0.2) is 40.0 Å². The van der Waals surface area contributed by atoms with Crippen LogP contribution in [0.3, 0.4) is 0 Å². The van der Waals surface area contributed by atoms with Crippen LogP contribution in [0.1, 0.15) is 18.4 Å². The van der Waals surface area contributed by atoms with Crippen molar-refractivity contribution in [3.63, 3.8) is 0 Å². The monoisotopic (exact) mass is 294 g/mol. The summed E-state index contributed by atoms with van der Waals surface area (Å²) in [5, 5.41) is 20.0. The zero-order chi connectivity index (χ0) is 15.6. The Morgan fingerprint density at radius 1 is 1.57 bits per heavy atom. The number of rotatable bonds is 5. The number of nitro benzene ring substituents is 1. The van der Waals surface area contributed by atoms with Gasteiger partial charge in [-0.3, -0.25) is 14.9 Å². The molecule has 1 saturated heterocycles. The molecule has 1 aromatic rings. The van der Waals surface area contributed by atoms with Gasteiger partial charge in [0.1, 0.15) is 6.04 Å². The third-order valence-electron chi connectivity index (χ3n) is 3.41. The maximum Gasteiger partial charge on any atom is 0.326 e. The van der Waals surface area contributed by atoms with Gasteiger partial charge < -0.3 is 14.7 Å². The molecule has 1 aliphatic heterocycles. The molecule has 112 valence electrons. The highest BCUT2D eigenvalue weighted by Crippen LogP contribution is 2.29. The molecular formula is C13H14N2O6. The second-order valence-corrected chi connectivity index (χ2v) is 4.68. The molecule has 8 nitrogen and oxygen atoms in total. The third-order valence-corrected chi connectivity index (χ3v) is 3.41. The van der Waals surface area contributed by atoms with Crippen molar-refractivity contribution in [2.75, 3.05) is 7.11 Å². The van der Waals surface area contributed by atoms with E-state index in [1.165, 1.54) is 24.1 Å². The van der Waals surface area contributed by atoms with E-state index in [0.29, 0.717) is 5.56 Å². The average Bonchev–Trinajstić information content (AvgIpc) is 2.80. The second kappa shape index (κ2) is 5.78. The molecule has 1 amide bonds. The van der Waals surface area contributed by atoms with E-state index in [4.69, 9.17) is 9.84 Å². The van der Waals surface area contributed by atoms with Gasteiger partial charge in [0.05, 0.1) is 12.0 Å². The molecule has 8 heteroatoms. The fraction of sp³-hybridized carbons (Fsp3) is 0.385. The molecule has 1 heterocycles. The first kappa shape index (κ1) is 14.8. The second-order valence-electron chi connectivity index (χ2n) is 4.68. The van der Waals surface area contributed by atoms with E-state index in [1.807, 2.05) is 0 Å². The molecule has 1 aliphatic rings. The SMILES string of the molecule is COc1ccc(CN2C(=O)CCC2C(=O)O)cc1[N+](=O)[O-]. The Bertz CT molecular complexity index is 600. The van der Waals surface area contributed by atoms with Gasteiger partial charge >= 0.3 is 11.7 Å². The number of nitro groups is 1. The van der Waals surface area contributed by atoms with E-state index in [1.54, 1.807) is 6.07 Å². The van der Waals surface area contributed by atoms with Gasteiger partial charge in [-0.1, -0.05) is 6.07 Å². The summed E-state index contributed by atoms with van der Waals surface area (Å²) < 4.78 is 4.90. The number of benzene rings is 1. The smallest absolute Gasteiger partial charge is 0.326 e. The van der Waals surface area contributed by atoms with Crippen LogP contribution < -0.4 is 4.74 Å². The fourth-order valence-electron chi connectivity index (χ4n) is 2.36. The molecule has 1 unspecified atom stereocenters. The van der Waals surface area contributed by atoms with Gasteiger partial charge in [0.2, 0.25) is 5.91 Å². The van der Waals surface area contributed by atoms with Gasteiger partial charge in [-0.05, 0) is 18.1 Å². The lowest BCUT2D eigenvalue weighted by Gasteiger charge is -2.21. The highest BCUT2D eigenvalue weighted by atomic mass is 16.6. The minimum absolute atomic E-state index is 0.0284. The van der Waals surface area contributed by atoms with Crippen molar-refractivity contribution in [1.82, 2.24) is 4.90 Å². The molecule has 21 heavy (non-hydrogen) atoms. The molecule has 0 bridgehead atoms. The molecule has 0 saturated carbocycles. The van der Waals surface area contributed by atoms with Crippen LogP contribution in [0.25, 0.3) is 0 Å². The van der Waals surface area contributed by atoms with Crippen molar-refractivity contribution in [2.45, 2.75) is 25.4 Å². The lowest BCUT2D eigenvalue weighted by molar-refractivity contribution is -0.385. The van der Waals surface area contributed by atoms with Crippen molar-refractivity contribution in [2.24, 2.45) is 0 Å². The van der Waals surface area contributed by atoms with E-state index < -0.39 is 16.9 Å². The maximum absolute atomic E-state index is 11.7. The van der Waals surface area contributed by atoms with Gasteiger partial charge in [0, 0.05) is 19.0 Å². The first-order valence-electron chi connectivity index (χ1n) is 6.27. The number of nitrogens with zero attached hydrogens (tertiary/aromatic N) is 2. The predicted octanol–water partition coefficient (Wildman–Crippen LogP) is 1.18. The van der Waals surface area contributed by atoms with Crippen molar-refractivity contribution in [1.29, 1.82) is 0 Å². The van der Waals surface area contributed by atoms with Gasteiger partial charge in [-0.25, -0.2) is 4.79 Å². The van der Waals surface area contributed by atoms with Crippen molar-refractivity contribution in [3.05, 3.63) is 33.9 Å². The number of aliphatic carboxylic acids is 1. The van der Waals surface area contributed by atoms with E-state index in [2.05, 4.69) is 0 Å². The maximum atomic E-state index is 11.7. The molecular weight excluding hydrogens is 280 g/mol. The number of hydrogen-bond donors (Lipinski definition) is 1. The van der Waals surface area contributed by atoms with Gasteiger partial charge in [0.25, 0.3) is 0 Å². The van der Waals surface area contributed by atoms with Crippen molar-refractivity contribution >= 4 is 17.6 Å². The predicted molar refractivity (Wildman–Crippen MR) is 70.9 cm³/mol. The molecule has 1 fully saturated rings. The van der Waals surface area contributed by atoms with Gasteiger partial charge in [0.15, 0.2) is 5.75 Å². The molecule has 1 N–H and O–H groups in total. The number of carboxylic acids is 1. The standard InChI is InChI=1S/C13H14N2O6/c1-21-11-4-2-8(6-10(11)15(19)20)7-14-9(13(17)18)3-5-12(14)16/h2,4,6,9H,3,5,7H2,1H3,(H,17,18). The zero-order valence-corrected chi connectivity index (χ0v) is 11.3. The summed E-state index contributed by atoms with van der Waals surface area (Å²) in [6.07, 6.45) is 0.432. The summed E-state index contributed by atoms with van der Waals surface area (Å²) in [4.78, 5) is 34.4. The number of methoxy groups -OCH3 is 1. The number of carbonyl (C=O) groups excluding carboxylic acids is 1. The van der Waals surface area contributed by atoms with E-state index in [0.717, 1.165) is 0 Å². The van der Waals surface area contributed by atoms with E-state index in [-0.39, 0.29) is 36.7 Å². The van der Waals surface area contributed by atoms with Crippen LogP contribution >= 0.6 is 0 Å². The number of likely N-dealkylation sites (tertiary alicyclic amines) is 1. The Morgan fingerprint density at radius 3 is 2.86 bits per heavy atom. The summed E-state index contributed by atoms with van der Waals surface area (Å²) in [7, 11) is 1.33. The lowest BCUT2D eigenvalue weighted by Crippen LogP contribution is -2.37. The quantitative estimate of drug-likeness (QED) is 0.645. The van der Waals surface area contributed by atoms with Crippen LogP contribution in [-0.2, 0) is 16.1 Å². The average molecular weight is 294 g/mol. The Morgan fingerprint density at radius 2 is 2.29 bits per heavy atom. The molecule has 0 radical (unpaired) electrons. The van der Waals surface area contributed by atoms with Crippen molar-refractivity contribution < 1.29 is 24.4 Å². The summed E-state index contributed by atoms with van der Waals surface area (Å²) in [5.74, 6) is -1.21. The normalized spacial score (nSPS) is 17.9. The molecule has 2 rings (SSSR count). The summed E-state index contributed by atoms with van der Waals surface area (Å²) >= 11 is 0. The van der Waals surface area contributed by atoms with E-state index >= 15 is 0 Å².